The van der Waals surface area contributed by atoms with Gasteiger partial charge in [-0.05, 0) is 31.3 Å². The lowest BCUT2D eigenvalue weighted by Gasteiger charge is -2.47. The molecule has 0 aliphatic carbocycles. The van der Waals surface area contributed by atoms with Gasteiger partial charge < -0.3 is 9.74 Å². The Morgan fingerprint density at radius 2 is 1.90 bits per heavy atom. The highest BCUT2D eigenvalue weighted by Crippen LogP contribution is 2.39. The Balaban J connectivity index is 2.79. The fourth-order valence-electron chi connectivity index (χ4n) is 2.41. The van der Waals surface area contributed by atoms with Crippen molar-refractivity contribution in [2.75, 3.05) is 6.26 Å². The van der Waals surface area contributed by atoms with Crippen molar-refractivity contribution >= 4 is 42.4 Å². The molecule has 4 atom stereocenters. The van der Waals surface area contributed by atoms with Crippen molar-refractivity contribution in [3.05, 3.63) is 0 Å². The number of carbonyl (C=O) groups excluding carboxylic acids is 1. The summed E-state index contributed by atoms with van der Waals surface area (Å²) in [6.07, 6.45) is 1.93. The van der Waals surface area contributed by atoms with Crippen LogP contribution in [0.15, 0.2) is 0 Å². The van der Waals surface area contributed by atoms with Gasteiger partial charge in [0.2, 0.25) is 5.91 Å². The lowest BCUT2D eigenvalue weighted by atomic mass is 9.79. The molecule has 1 saturated heterocycles. The molecular formula is C15H29NO2S2Si. The molecule has 0 aromatic rings. The van der Waals surface area contributed by atoms with Crippen molar-refractivity contribution in [3.63, 3.8) is 0 Å². The summed E-state index contributed by atoms with van der Waals surface area (Å²) in [4.78, 5) is 12.0. The summed E-state index contributed by atoms with van der Waals surface area (Å²) < 4.78 is 7.35. The maximum absolute atomic E-state index is 12.0. The zero-order valence-corrected chi connectivity index (χ0v) is 17.1. The van der Waals surface area contributed by atoms with E-state index in [0.717, 1.165) is 4.20 Å². The molecule has 0 radical (unpaired) electrons. The van der Waals surface area contributed by atoms with E-state index >= 15 is 0 Å². The average molecular weight is 348 g/mol. The number of nitrogens with one attached hydrogen (secondary N) is 1. The van der Waals surface area contributed by atoms with Crippen LogP contribution < -0.4 is 5.32 Å². The SMILES string of the molecule is CSC(=S)[C@@H](C)[C@H]1NC(=O)[C@@H]1[C@@H](C)O[Si](C)(C)C(C)(C)C. The Morgan fingerprint density at radius 3 is 2.29 bits per heavy atom. The van der Waals surface area contributed by atoms with Crippen LogP contribution in [-0.2, 0) is 9.22 Å². The Bertz CT molecular complexity index is 420. The second kappa shape index (κ2) is 6.68. The third kappa shape index (κ3) is 4.09. The van der Waals surface area contributed by atoms with Gasteiger partial charge in [0, 0.05) is 5.92 Å². The molecule has 1 amide bonds. The summed E-state index contributed by atoms with van der Waals surface area (Å²) in [5, 5.41) is 3.16. The van der Waals surface area contributed by atoms with E-state index in [1.807, 2.05) is 13.2 Å². The summed E-state index contributed by atoms with van der Waals surface area (Å²) >= 11 is 6.97. The Labute approximate surface area is 140 Å². The first-order valence-corrected chi connectivity index (χ1v) is 12.0. The number of hydrogen-bond acceptors (Lipinski definition) is 4. The van der Waals surface area contributed by atoms with Crippen LogP contribution in [0.4, 0.5) is 0 Å². The minimum Gasteiger partial charge on any atom is -0.413 e. The van der Waals surface area contributed by atoms with Gasteiger partial charge in [-0.3, -0.25) is 4.79 Å². The fourth-order valence-corrected chi connectivity index (χ4v) is 4.50. The predicted octanol–water partition coefficient (Wildman–Crippen LogP) is 3.84. The Hall–Kier alpha value is 0.0869. The molecule has 122 valence electrons. The van der Waals surface area contributed by atoms with Crippen molar-refractivity contribution in [1.29, 1.82) is 0 Å². The zero-order valence-electron chi connectivity index (χ0n) is 14.4. The van der Waals surface area contributed by atoms with Crippen molar-refractivity contribution in [3.8, 4) is 0 Å². The van der Waals surface area contributed by atoms with Crippen molar-refractivity contribution in [1.82, 2.24) is 5.32 Å². The third-order valence-electron chi connectivity index (χ3n) is 4.90. The molecule has 3 nitrogen and oxygen atoms in total. The van der Waals surface area contributed by atoms with Crippen molar-refractivity contribution < 1.29 is 9.22 Å². The van der Waals surface area contributed by atoms with Gasteiger partial charge in [0.05, 0.1) is 22.3 Å². The number of thiocarbonyl (C=S) groups is 1. The lowest BCUT2D eigenvalue weighted by molar-refractivity contribution is -0.140. The van der Waals surface area contributed by atoms with Crippen LogP contribution in [-0.4, -0.2) is 36.8 Å². The minimum absolute atomic E-state index is 0.0586. The maximum Gasteiger partial charge on any atom is 0.228 e. The first kappa shape index (κ1) is 19.1. The first-order chi connectivity index (χ1) is 9.42. The van der Waals surface area contributed by atoms with Gasteiger partial charge in [-0.2, -0.15) is 0 Å². The van der Waals surface area contributed by atoms with Crippen molar-refractivity contribution in [2.45, 2.75) is 64.9 Å². The standard InChI is InChI=1S/C15H29NO2S2Si/c1-9(14(19)20-6)12-11(13(17)16-12)10(2)18-21(7,8)15(3,4)5/h9-12H,1-8H3,(H,16,17)/t9-,10+,11+,12+/m0/s1. The summed E-state index contributed by atoms with van der Waals surface area (Å²) in [6, 6.07) is 0.109. The van der Waals surface area contributed by atoms with Gasteiger partial charge in [-0.25, -0.2) is 0 Å². The molecule has 1 aliphatic heterocycles. The molecule has 1 aliphatic rings. The smallest absolute Gasteiger partial charge is 0.228 e. The summed E-state index contributed by atoms with van der Waals surface area (Å²) in [5.74, 6) is 0.212. The molecular weight excluding hydrogens is 318 g/mol. The number of β-lactam (4-membered cyclic amide) rings is 1. The van der Waals surface area contributed by atoms with Gasteiger partial charge in [0.15, 0.2) is 8.32 Å². The second-order valence-electron chi connectivity index (χ2n) is 7.46. The van der Waals surface area contributed by atoms with Crippen LogP contribution in [0.5, 0.6) is 0 Å². The molecule has 1 fully saturated rings. The molecule has 0 bridgehead atoms. The third-order valence-corrected chi connectivity index (χ3v) is 11.1. The highest BCUT2D eigenvalue weighted by Gasteiger charge is 2.49. The Morgan fingerprint density at radius 1 is 1.38 bits per heavy atom. The fraction of sp³-hybridized carbons (Fsp3) is 0.867. The molecule has 1 heterocycles. The summed E-state index contributed by atoms with van der Waals surface area (Å²) in [6.45, 7) is 15.2. The molecule has 6 heteroatoms. The van der Waals surface area contributed by atoms with Crippen LogP contribution in [0, 0.1) is 11.8 Å². The van der Waals surface area contributed by atoms with Crippen LogP contribution in [0.2, 0.25) is 18.1 Å². The second-order valence-corrected chi connectivity index (χ2v) is 13.8. The molecule has 0 unspecified atom stereocenters. The molecule has 0 saturated carbocycles. The predicted molar refractivity (Wildman–Crippen MR) is 98.4 cm³/mol. The summed E-state index contributed by atoms with van der Waals surface area (Å²) in [7, 11) is -1.86. The van der Waals surface area contributed by atoms with Crippen LogP contribution in [0.1, 0.15) is 34.6 Å². The van der Waals surface area contributed by atoms with Gasteiger partial charge in [0.1, 0.15) is 0 Å². The molecule has 0 aromatic heterocycles. The van der Waals surface area contributed by atoms with E-state index in [0.29, 0.717) is 0 Å². The monoisotopic (exact) mass is 347 g/mol. The molecule has 1 N–H and O–H groups in total. The number of amides is 1. The largest absolute Gasteiger partial charge is 0.413 e. The van der Waals surface area contributed by atoms with E-state index in [1.54, 1.807) is 11.8 Å². The number of rotatable bonds is 5. The molecule has 1 rings (SSSR count). The van der Waals surface area contributed by atoms with E-state index in [4.69, 9.17) is 16.6 Å². The molecule has 0 aromatic carbocycles. The Kier molecular flexibility index (Phi) is 6.09. The number of hydrogen-bond donors (Lipinski definition) is 1. The van der Waals surface area contributed by atoms with E-state index in [2.05, 4.69) is 46.1 Å². The topological polar surface area (TPSA) is 38.3 Å². The first-order valence-electron chi connectivity index (χ1n) is 7.48. The minimum atomic E-state index is -1.86. The number of carbonyl (C=O) groups is 1. The molecule has 0 spiro atoms. The quantitative estimate of drug-likeness (QED) is 0.466. The van der Waals surface area contributed by atoms with Crippen LogP contribution in [0.3, 0.4) is 0 Å². The highest BCUT2D eigenvalue weighted by molar-refractivity contribution is 8.22. The van der Waals surface area contributed by atoms with E-state index in [-0.39, 0.29) is 34.9 Å². The number of thioether (sulfide) groups is 1. The van der Waals surface area contributed by atoms with Gasteiger partial charge >= 0.3 is 0 Å². The van der Waals surface area contributed by atoms with Crippen molar-refractivity contribution in [2.24, 2.45) is 11.8 Å². The maximum atomic E-state index is 12.0. The normalized spacial score (nSPS) is 25.8. The van der Waals surface area contributed by atoms with Crippen LogP contribution in [0.25, 0.3) is 0 Å². The zero-order chi connectivity index (χ0) is 16.6. The highest BCUT2D eigenvalue weighted by atomic mass is 32.2. The van der Waals surface area contributed by atoms with E-state index < -0.39 is 8.32 Å². The summed E-state index contributed by atoms with van der Waals surface area (Å²) in [5.41, 5.74) is 0. The van der Waals surface area contributed by atoms with Gasteiger partial charge in [-0.1, -0.05) is 39.9 Å². The van der Waals surface area contributed by atoms with Crippen LogP contribution >= 0.6 is 24.0 Å². The van der Waals surface area contributed by atoms with E-state index in [1.165, 1.54) is 0 Å². The molecule has 21 heavy (non-hydrogen) atoms. The lowest BCUT2D eigenvalue weighted by Crippen LogP contribution is -2.66. The average Bonchev–Trinajstić information content (AvgIpc) is 2.31. The van der Waals surface area contributed by atoms with Gasteiger partial charge in [-0.15, -0.1) is 11.8 Å². The van der Waals surface area contributed by atoms with Gasteiger partial charge in [0.25, 0.3) is 0 Å². The van der Waals surface area contributed by atoms with E-state index in [9.17, 15) is 4.79 Å².